The van der Waals surface area contributed by atoms with Crippen molar-refractivity contribution < 1.29 is 9.18 Å². The second-order valence-corrected chi connectivity index (χ2v) is 3.65. The van der Waals surface area contributed by atoms with Crippen molar-refractivity contribution in [1.82, 2.24) is 5.32 Å². The van der Waals surface area contributed by atoms with Gasteiger partial charge in [-0.25, -0.2) is 4.39 Å². The van der Waals surface area contributed by atoms with Crippen LogP contribution in [0.4, 0.5) is 4.39 Å². The summed E-state index contributed by atoms with van der Waals surface area (Å²) in [7, 11) is 1.84. The molecular formula is C12H16FNO. The van der Waals surface area contributed by atoms with Gasteiger partial charge in [0.05, 0.1) is 0 Å². The average Bonchev–Trinajstić information content (AvgIpc) is 2.16. The minimum atomic E-state index is -0.341. The van der Waals surface area contributed by atoms with E-state index >= 15 is 0 Å². The summed E-state index contributed by atoms with van der Waals surface area (Å²) in [5, 5.41) is 2.97. The highest BCUT2D eigenvalue weighted by Crippen LogP contribution is 2.11. The first-order valence-electron chi connectivity index (χ1n) is 5.08. The van der Waals surface area contributed by atoms with Crippen molar-refractivity contribution in [3.8, 4) is 0 Å². The molecule has 0 fully saturated rings. The lowest BCUT2D eigenvalue weighted by Gasteiger charge is -2.02. The predicted octanol–water partition coefficient (Wildman–Crippen LogP) is 2.32. The molecule has 0 saturated carbocycles. The van der Waals surface area contributed by atoms with Gasteiger partial charge in [-0.05, 0) is 50.7 Å². The van der Waals surface area contributed by atoms with E-state index in [2.05, 4.69) is 5.32 Å². The molecule has 0 aliphatic heterocycles. The first-order valence-corrected chi connectivity index (χ1v) is 5.08. The summed E-state index contributed by atoms with van der Waals surface area (Å²) in [4.78, 5) is 11.6. The molecule has 1 aromatic rings. The first-order chi connectivity index (χ1) is 7.13. The molecule has 0 unspecified atom stereocenters. The normalized spacial score (nSPS) is 10.3. The van der Waals surface area contributed by atoms with Crippen LogP contribution in [-0.2, 0) is 0 Å². The smallest absolute Gasteiger partial charge is 0.163 e. The van der Waals surface area contributed by atoms with Gasteiger partial charge < -0.3 is 5.32 Å². The molecule has 0 amide bonds. The standard InChI is InChI=1S/C12H16FNO/c1-9-6-10(8-11(13)7-9)12(15)4-3-5-14-2/h6-8,14H,3-5H2,1-2H3. The maximum absolute atomic E-state index is 13.0. The third kappa shape index (κ3) is 3.80. The molecule has 0 bridgehead atoms. The number of halogens is 1. The molecule has 1 N–H and O–H groups in total. The Labute approximate surface area is 89.5 Å². The summed E-state index contributed by atoms with van der Waals surface area (Å²) >= 11 is 0. The summed E-state index contributed by atoms with van der Waals surface area (Å²) in [5.41, 5.74) is 1.26. The van der Waals surface area contributed by atoms with Crippen molar-refractivity contribution in [3.63, 3.8) is 0 Å². The van der Waals surface area contributed by atoms with Crippen molar-refractivity contribution in [1.29, 1.82) is 0 Å². The van der Waals surface area contributed by atoms with E-state index in [1.165, 1.54) is 12.1 Å². The zero-order chi connectivity index (χ0) is 11.3. The summed E-state index contributed by atoms with van der Waals surface area (Å²) < 4.78 is 13.0. The molecule has 0 saturated heterocycles. The van der Waals surface area contributed by atoms with Crippen molar-refractivity contribution in [2.24, 2.45) is 0 Å². The SMILES string of the molecule is CNCCCC(=O)c1cc(C)cc(F)c1. The van der Waals surface area contributed by atoms with E-state index in [-0.39, 0.29) is 11.6 Å². The number of hydrogen-bond donors (Lipinski definition) is 1. The fourth-order valence-electron chi connectivity index (χ4n) is 1.47. The Balaban J connectivity index is 2.65. The van der Waals surface area contributed by atoms with E-state index in [9.17, 15) is 9.18 Å². The number of ketones is 1. The van der Waals surface area contributed by atoms with Crippen LogP contribution in [0.3, 0.4) is 0 Å². The highest BCUT2D eigenvalue weighted by atomic mass is 19.1. The van der Waals surface area contributed by atoms with E-state index in [4.69, 9.17) is 0 Å². The van der Waals surface area contributed by atoms with Crippen LogP contribution in [0.25, 0.3) is 0 Å². The second kappa shape index (κ2) is 5.61. The molecule has 1 rings (SSSR count). The highest BCUT2D eigenvalue weighted by molar-refractivity contribution is 5.96. The molecule has 1 aromatic carbocycles. The topological polar surface area (TPSA) is 29.1 Å². The Kier molecular flexibility index (Phi) is 4.43. The monoisotopic (exact) mass is 209 g/mol. The quantitative estimate of drug-likeness (QED) is 0.595. The Bertz CT molecular complexity index is 329. The number of aryl methyl sites for hydroxylation is 1. The van der Waals surface area contributed by atoms with Gasteiger partial charge in [0.2, 0.25) is 0 Å². The van der Waals surface area contributed by atoms with Gasteiger partial charge in [-0.15, -0.1) is 0 Å². The maximum atomic E-state index is 13.0. The number of benzene rings is 1. The van der Waals surface area contributed by atoms with Gasteiger partial charge in [-0.1, -0.05) is 0 Å². The van der Waals surface area contributed by atoms with Crippen molar-refractivity contribution in [2.75, 3.05) is 13.6 Å². The van der Waals surface area contributed by atoms with E-state index in [0.717, 1.165) is 18.5 Å². The third-order valence-corrected chi connectivity index (χ3v) is 2.19. The van der Waals surface area contributed by atoms with Gasteiger partial charge in [-0.2, -0.15) is 0 Å². The number of nitrogens with one attached hydrogen (secondary N) is 1. The Morgan fingerprint density at radius 3 is 2.73 bits per heavy atom. The maximum Gasteiger partial charge on any atom is 0.163 e. The van der Waals surface area contributed by atoms with Gasteiger partial charge >= 0.3 is 0 Å². The zero-order valence-corrected chi connectivity index (χ0v) is 9.14. The Hall–Kier alpha value is -1.22. The molecule has 0 spiro atoms. The lowest BCUT2D eigenvalue weighted by molar-refractivity contribution is 0.0979. The molecule has 3 heteroatoms. The van der Waals surface area contributed by atoms with Gasteiger partial charge in [-0.3, -0.25) is 4.79 Å². The van der Waals surface area contributed by atoms with Crippen LogP contribution in [0.2, 0.25) is 0 Å². The molecule has 0 heterocycles. The van der Waals surface area contributed by atoms with Crippen LogP contribution in [0, 0.1) is 12.7 Å². The molecule has 2 nitrogen and oxygen atoms in total. The summed E-state index contributed by atoms with van der Waals surface area (Å²) in [6.07, 6.45) is 1.24. The van der Waals surface area contributed by atoms with Crippen molar-refractivity contribution >= 4 is 5.78 Å². The lowest BCUT2D eigenvalue weighted by Crippen LogP contribution is -2.10. The van der Waals surface area contributed by atoms with Crippen LogP contribution in [-0.4, -0.2) is 19.4 Å². The van der Waals surface area contributed by atoms with Gasteiger partial charge in [0.15, 0.2) is 5.78 Å². The van der Waals surface area contributed by atoms with Crippen molar-refractivity contribution in [2.45, 2.75) is 19.8 Å². The molecule has 15 heavy (non-hydrogen) atoms. The Morgan fingerprint density at radius 1 is 1.40 bits per heavy atom. The summed E-state index contributed by atoms with van der Waals surface area (Å²) in [6, 6.07) is 4.45. The van der Waals surface area contributed by atoms with Crippen LogP contribution >= 0.6 is 0 Å². The van der Waals surface area contributed by atoms with Crippen LogP contribution < -0.4 is 5.32 Å². The zero-order valence-electron chi connectivity index (χ0n) is 9.14. The summed E-state index contributed by atoms with van der Waals surface area (Å²) in [5.74, 6) is -0.334. The minimum Gasteiger partial charge on any atom is -0.320 e. The van der Waals surface area contributed by atoms with Crippen LogP contribution in [0.1, 0.15) is 28.8 Å². The van der Waals surface area contributed by atoms with Gasteiger partial charge in [0.1, 0.15) is 5.82 Å². The second-order valence-electron chi connectivity index (χ2n) is 3.65. The van der Waals surface area contributed by atoms with Gasteiger partial charge in [0, 0.05) is 12.0 Å². The van der Waals surface area contributed by atoms with E-state index < -0.39 is 0 Å². The minimum absolute atomic E-state index is 0.00727. The summed E-state index contributed by atoms with van der Waals surface area (Å²) in [6.45, 7) is 2.59. The number of rotatable bonds is 5. The predicted molar refractivity (Wildman–Crippen MR) is 58.6 cm³/mol. The fourth-order valence-corrected chi connectivity index (χ4v) is 1.47. The molecule has 0 aliphatic rings. The molecule has 0 atom stereocenters. The molecule has 0 aromatic heterocycles. The number of carbonyl (C=O) groups excluding carboxylic acids is 1. The highest BCUT2D eigenvalue weighted by Gasteiger charge is 2.07. The number of carbonyl (C=O) groups is 1. The van der Waals surface area contributed by atoms with Crippen LogP contribution in [0.15, 0.2) is 18.2 Å². The molecule has 82 valence electrons. The Morgan fingerprint density at radius 2 is 2.13 bits per heavy atom. The van der Waals surface area contributed by atoms with Crippen molar-refractivity contribution in [3.05, 3.63) is 35.1 Å². The third-order valence-electron chi connectivity index (χ3n) is 2.19. The van der Waals surface area contributed by atoms with Gasteiger partial charge in [0.25, 0.3) is 0 Å². The number of hydrogen-bond acceptors (Lipinski definition) is 2. The molecule has 0 aliphatic carbocycles. The molecular weight excluding hydrogens is 193 g/mol. The van der Waals surface area contributed by atoms with E-state index in [1.807, 2.05) is 7.05 Å². The van der Waals surface area contributed by atoms with Crippen LogP contribution in [0.5, 0.6) is 0 Å². The lowest BCUT2D eigenvalue weighted by atomic mass is 10.0. The number of Topliss-reactive ketones (excluding diaryl/α,β-unsaturated/α-hetero) is 1. The van der Waals surface area contributed by atoms with E-state index in [1.54, 1.807) is 13.0 Å². The molecule has 0 radical (unpaired) electrons. The first kappa shape index (κ1) is 11.9. The largest absolute Gasteiger partial charge is 0.320 e. The average molecular weight is 209 g/mol. The van der Waals surface area contributed by atoms with E-state index in [0.29, 0.717) is 12.0 Å². The fraction of sp³-hybridized carbons (Fsp3) is 0.417.